The Morgan fingerprint density at radius 1 is 1.17 bits per heavy atom. The number of nitrogens with one attached hydrogen (secondary N) is 1. The molecular weight excluding hydrogens is 354 g/mol. The maximum Gasteiger partial charge on any atom is 0.305 e. The smallest absolute Gasteiger partial charge is 0.305 e. The third-order valence-corrected chi connectivity index (χ3v) is 5.06. The molecule has 2 N–H and O–H groups in total. The number of benzene rings is 2. The van der Waals surface area contributed by atoms with E-state index in [1.54, 1.807) is 24.3 Å². The quantitative estimate of drug-likeness (QED) is 0.782. The minimum Gasteiger partial charge on any atom is -0.497 e. The Kier molecular flexibility index (Phi) is 5.82. The Bertz CT molecular complexity index is 803. The van der Waals surface area contributed by atoms with E-state index >= 15 is 0 Å². The number of carboxylic acid groups (broad SMARTS) is 1. The van der Waals surface area contributed by atoms with Gasteiger partial charge in [0.05, 0.1) is 24.5 Å². The van der Waals surface area contributed by atoms with E-state index in [0.717, 1.165) is 0 Å². The van der Waals surface area contributed by atoms with Crippen molar-refractivity contribution < 1.29 is 23.1 Å². The van der Waals surface area contributed by atoms with Gasteiger partial charge in [-0.2, -0.15) is 0 Å². The molecule has 8 heteroatoms. The van der Waals surface area contributed by atoms with E-state index in [-0.39, 0.29) is 11.3 Å². The Morgan fingerprint density at radius 3 is 2.25 bits per heavy atom. The van der Waals surface area contributed by atoms with E-state index in [1.807, 2.05) is 0 Å². The average Bonchev–Trinajstić information content (AvgIpc) is 2.54. The van der Waals surface area contributed by atoms with Gasteiger partial charge in [-0.15, -0.1) is 0 Å². The summed E-state index contributed by atoms with van der Waals surface area (Å²) in [6, 6.07) is 11.2. The van der Waals surface area contributed by atoms with Crippen LogP contribution >= 0.6 is 11.6 Å². The van der Waals surface area contributed by atoms with Crippen molar-refractivity contribution in [2.24, 2.45) is 0 Å². The molecule has 0 aromatic heterocycles. The molecule has 0 saturated heterocycles. The highest BCUT2D eigenvalue weighted by molar-refractivity contribution is 7.89. The number of halogens is 1. The number of ether oxygens (including phenoxy) is 1. The molecule has 0 spiro atoms. The van der Waals surface area contributed by atoms with E-state index in [1.165, 1.54) is 31.4 Å². The number of hydrogen-bond donors (Lipinski definition) is 2. The summed E-state index contributed by atoms with van der Waals surface area (Å²) in [5, 5.41) is 9.48. The molecule has 1 unspecified atom stereocenters. The monoisotopic (exact) mass is 369 g/mol. The summed E-state index contributed by atoms with van der Waals surface area (Å²) in [6.45, 7) is 0. The van der Waals surface area contributed by atoms with E-state index < -0.39 is 22.0 Å². The zero-order valence-corrected chi connectivity index (χ0v) is 14.3. The number of methoxy groups -OCH3 is 1. The van der Waals surface area contributed by atoms with Gasteiger partial charge >= 0.3 is 5.97 Å². The fourth-order valence-corrected chi connectivity index (χ4v) is 3.46. The molecular formula is C16H16ClNO5S. The Morgan fingerprint density at radius 2 is 1.75 bits per heavy atom. The lowest BCUT2D eigenvalue weighted by atomic mass is 10.0. The third-order valence-electron chi connectivity index (χ3n) is 3.32. The molecule has 0 fully saturated rings. The maximum absolute atomic E-state index is 12.5. The number of rotatable bonds is 7. The normalized spacial score (nSPS) is 12.6. The highest BCUT2D eigenvalue weighted by atomic mass is 35.5. The minimum absolute atomic E-state index is 0.0100. The van der Waals surface area contributed by atoms with Gasteiger partial charge < -0.3 is 9.84 Å². The van der Waals surface area contributed by atoms with Crippen LogP contribution in [0.15, 0.2) is 53.4 Å². The van der Waals surface area contributed by atoms with Crippen molar-refractivity contribution >= 4 is 27.6 Å². The van der Waals surface area contributed by atoms with Gasteiger partial charge in [0.25, 0.3) is 0 Å². The van der Waals surface area contributed by atoms with Crippen LogP contribution in [0.4, 0.5) is 0 Å². The largest absolute Gasteiger partial charge is 0.497 e. The van der Waals surface area contributed by atoms with Crippen LogP contribution in [0, 0.1) is 0 Å². The van der Waals surface area contributed by atoms with Crippen LogP contribution in [0.2, 0.25) is 5.02 Å². The van der Waals surface area contributed by atoms with Crippen LogP contribution in [-0.2, 0) is 14.8 Å². The van der Waals surface area contributed by atoms with E-state index in [9.17, 15) is 13.2 Å². The lowest BCUT2D eigenvalue weighted by Gasteiger charge is -2.18. The number of carboxylic acids is 1. The molecule has 0 saturated carbocycles. The molecule has 0 aliphatic carbocycles. The molecule has 0 heterocycles. The first-order valence-electron chi connectivity index (χ1n) is 6.95. The topological polar surface area (TPSA) is 92.7 Å². The minimum atomic E-state index is -3.89. The second-order valence-electron chi connectivity index (χ2n) is 5.00. The summed E-state index contributed by atoms with van der Waals surface area (Å²) < 4.78 is 32.4. The van der Waals surface area contributed by atoms with Crippen molar-refractivity contribution in [2.45, 2.75) is 17.4 Å². The molecule has 1 atom stereocenters. The Hall–Kier alpha value is -2.09. The lowest BCUT2D eigenvalue weighted by molar-refractivity contribution is -0.137. The summed E-state index contributed by atoms with van der Waals surface area (Å²) in [5.41, 5.74) is 0.524. The molecule has 0 aliphatic rings. The fourth-order valence-electron chi connectivity index (χ4n) is 2.11. The molecule has 24 heavy (non-hydrogen) atoms. The number of carbonyl (C=O) groups is 1. The highest BCUT2D eigenvalue weighted by Crippen LogP contribution is 2.23. The predicted octanol–water partition coefficient (Wildman–Crippen LogP) is 2.84. The number of hydrogen-bond acceptors (Lipinski definition) is 4. The second kappa shape index (κ2) is 7.65. The van der Waals surface area contributed by atoms with Gasteiger partial charge in [-0.3, -0.25) is 4.79 Å². The summed E-state index contributed by atoms with van der Waals surface area (Å²) >= 11 is 5.76. The van der Waals surface area contributed by atoms with E-state index in [2.05, 4.69) is 4.72 Å². The third kappa shape index (κ3) is 4.70. The number of aliphatic carboxylic acids is 1. The van der Waals surface area contributed by atoms with Crippen molar-refractivity contribution in [3.8, 4) is 5.75 Å². The standard InChI is InChI=1S/C16H16ClNO5S/c1-23-13-6-2-11(3-7-13)15(10-16(19)20)18-24(21,22)14-8-4-12(17)5-9-14/h2-9,15,18H,10H2,1H3,(H,19,20). The van der Waals surface area contributed by atoms with Gasteiger partial charge in [0.15, 0.2) is 0 Å². The summed E-state index contributed by atoms with van der Waals surface area (Å²) in [5.74, 6) is -0.525. The van der Waals surface area contributed by atoms with Gasteiger partial charge in [-0.25, -0.2) is 13.1 Å². The van der Waals surface area contributed by atoms with Gasteiger partial charge in [0.1, 0.15) is 5.75 Å². The van der Waals surface area contributed by atoms with Crippen LogP contribution < -0.4 is 9.46 Å². The SMILES string of the molecule is COc1ccc(C(CC(=O)O)NS(=O)(=O)c2ccc(Cl)cc2)cc1. The first kappa shape index (κ1) is 18.3. The summed E-state index contributed by atoms with van der Waals surface area (Å²) in [6.07, 6.45) is -0.390. The Balaban J connectivity index is 2.30. The molecule has 2 aromatic rings. The second-order valence-corrected chi connectivity index (χ2v) is 7.15. The zero-order chi connectivity index (χ0) is 17.7. The van der Waals surface area contributed by atoms with Crippen LogP contribution in [0.25, 0.3) is 0 Å². The lowest BCUT2D eigenvalue weighted by Crippen LogP contribution is -2.30. The maximum atomic E-state index is 12.5. The van der Waals surface area contributed by atoms with Crippen molar-refractivity contribution in [2.75, 3.05) is 7.11 Å². The van der Waals surface area contributed by atoms with E-state index in [0.29, 0.717) is 16.3 Å². The fraction of sp³-hybridized carbons (Fsp3) is 0.188. The molecule has 128 valence electrons. The Labute approximate surface area is 145 Å². The van der Waals surface area contributed by atoms with Crippen molar-refractivity contribution in [1.82, 2.24) is 4.72 Å². The number of sulfonamides is 1. The molecule has 2 aromatic carbocycles. The highest BCUT2D eigenvalue weighted by Gasteiger charge is 2.23. The summed E-state index contributed by atoms with van der Waals surface area (Å²) in [7, 11) is -2.38. The van der Waals surface area contributed by atoms with Crippen LogP contribution in [0.5, 0.6) is 5.75 Å². The van der Waals surface area contributed by atoms with Gasteiger partial charge in [0, 0.05) is 5.02 Å². The van der Waals surface area contributed by atoms with Gasteiger partial charge in [-0.05, 0) is 42.0 Å². The predicted molar refractivity (Wildman–Crippen MR) is 89.8 cm³/mol. The van der Waals surface area contributed by atoms with Crippen molar-refractivity contribution in [1.29, 1.82) is 0 Å². The van der Waals surface area contributed by atoms with Crippen molar-refractivity contribution in [3.63, 3.8) is 0 Å². The summed E-state index contributed by atoms with van der Waals surface area (Å²) in [4.78, 5) is 11.1. The van der Waals surface area contributed by atoms with Crippen LogP contribution in [0.3, 0.4) is 0 Å². The van der Waals surface area contributed by atoms with E-state index in [4.69, 9.17) is 21.4 Å². The van der Waals surface area contributed by atoms with Crippen LogP contribution in [-0.4, -0.2) is 26.6 Å². The molecule has 0 radical (unpaired) electrons. The van der Waals surface area contributed by atoms with Gasteiger partial charge in [0.2, 0.25) is 10.0 Å². The van der Waals surface area contributed by atoms with Crippen LogP contribution in [0.1, 0.15) is 18.0 Å². The zero-order valence-electron chi connectivity index (χ0n) is 12.8. The van der Waals surface area contributed by atoms with Gasteiger partial charge in [-0.1, -0.05) is 23.7 Å². The van der Waals surface area contributed by atoms with Crippen molar-refractivity contribution in [3.05, 3.63) is 59.1 Å². The first-order valence-corrected chi connectivity index (χ1v) is 8.81. The molecule has 6 nitrogen and oxygen atoms in total. The molecule has 0 bridgehead atoms. The molecule has 2 rings (SSSR count). The molecule has 0 amide bonds. The average molecular weight is 370 g/mol. The molecule has 0 aliphatic heterocycles. The first-order chi connectivity index (χ1) is 11.3.